The van der Waals surface area contributed by atoms with Crippen LogP contribution in [0.4, 0.5) is 4.39 Å². The smallest absolute Gasteiger partial charge is 0.248 e. The first-order valence-electron chi connectivity index (χ1n) is 5.32. The van der Waals surface area contributed by atoms with Crippen molar-refractivity contribution in [1.29, 1.82) is 0 Å². The average molecular weight is 252 g/mol. The summed E-state index contributed by atoms with van der Waals surface area (Å²) in [6.07, 6.45) is 0. The van der Waals surface area contributed by atoms with Gasteiger partial charge in [-0.2, -0.15) is 0 Å². The largest absolute Gasteiger partial charge is 0.494 e. The Hall–Kier alpha value is -1.95. The molecular formula is C12H13FN2O3. The summed E-state index contributed by atoms with van der Waals surface area (Å²) in [5.41, 5.74) is -0.799. The summed E-state index contributed by atoms with van der Waals surface area (Å²) in [4.78, 5) is 0. The maximum absolute atomic E-state index is 13.5. The van der Waals surface area contributed by atoms with E-state index in [0.717, 1.165) is 0 Å². The van der Waals surface area contributed by atoms with E-state index in [-0.39, 0.29) is 17.5 Å². The Balaban J connectivity index is 2.38. The fourth-order valence-electron chi connectivity index (χ4n) is 1.39. The van der Waals surface area contributed by atoms with Crippen molar-refractivity contribution in [3.8, 4) is 17.2 Å². The van der Waals surface area contributed by atoms with Crippen molar-refractivity contribution in [2.24, 2.45) is 0 Å². The number of halogens is 1. The third-order valence-electron chi connectivity index (χ3n) is 2.35. The van der Waals surface area contributed by atoms with Gasteiger partial charge in [0.05, 0.1) is 7.11 Å². The molecule has 0 atom stereocenters. The molecule has 1 heterocycles. The number of benzene rings is 1. The minimum atomic E-state index is -1.23. The number of hydrogen-bond donors (Lipinski definition) is 1. The molecule has 0 unspecified atom stereocenters. The molecule has 18 heavy (non-hydrogen) atoms. The Morgan fingerprint density at radius 1 is 1.33 bits per heavy atom. The van der Waals surface area contributed by atoms with E-state index in [1.54, 1.807) is 6.07 Å². The molecule has 0 spiro atoms. The SMILES string of the molecule is COc1ccc(-c2nnc(C(C)(C)O)o2)cc1F. The molecule has 0 fully saturated rings. The van der Waals surface area contributed by atoms with Crippen LogP contribution in [0.5, 0.6) is 5.75 Å². The van der Waals surface area contributed by atoms with Gasteiger partial charge < -0.3 is 14.3 Å². The van der Waals surface area contributed by atoms with E-state index in [1.807, 2.05) is 0 Å². The van der Waals surface area contributed by atoms with Crippen molar-refractivity contribution in [3.63, 3.8) is 0 Å². The van der Waals surface area contributed by atoms with E-state index in [0.29, 0.717) is 5.56 Å². The van der Waals surface area contributed by atoms with Crippen LogP contribution in [-0.2, 0) is 5.60 Å². The molecule has 5 nitrogen and oxygen atoms in total. The molecule has 0 amide bonds. The highest BCUT2D eigenvalue weighted by Crippen LogP contribution is 2.27. The van der Waals surface area contributed by atoms with Crippen LogP contribution in [0, 0.1) is 5.82 Å². The Morgan fingerprint density at radius 2 is 2.06 bits per heavy atom. The van der Waals surface area contributed by atoms with Crippen LogP contribution in [0.2, 0.25) is 0 Å². The number of aliphatic hydroxyl groups is 1. The van der Waals surface area contributed by atoms with Crippen LogP contribution in [0.3, 0.4) is 0 Å². The molecule has 1 aromatic heterocycles. The molecule has 1 N–H and O–H groups in total. The molecular weight excluding hydrogens is 239 g/mol. The number of ether oxygens (including phenoxy) is 1. The Bertz CT molecular complexity index is 561. The lowest BCUT2D eigenvalue weighted by molar-refractivity contribution is 0.0488. The van der Waals surface area contributed by atoms with Crippen molar-refractivity contribution < 1.29 is 18.7 Å². The molecule has 6 heteroatoms. The molecule has 0 bridgehead atoms. The first-order valence-corrected chi connectivity index (χ1v) is 5.32. The Morgan fingerprint density at radius 3 is 2.56 bits per heavy atom. The predicted molar refractivity (Wildman–Crippen MR) is 61.5 cm³/mol. The maximum Gasteiger partial charge on any atom is 0.248 e. The lowest BCUT2D eigenvalue weighted by Crippen LogP contribution is -2.15. The van der Waals surface area contributed by atoms with Crippen LogP contribution >= 0.6 is 0 Å². The second kappa shape index (κ2) is 4.38. The van der Waals surface area contributed by atoms with Crippen LogP contribution in [-0.4, -0.2) is 22.4 Å². The van der Waals surface area contributed by atoms with Gasteiger partial charge in [-0.3, -0.25) is 0 Å². The molecule has 0 aliphatic heterocycles. The molecule has 0 saturated heterocycles. The standard InChI is InChI=1S/C12H13FN2O3/c1-12(2,16)11-15-14-10(18-11)7-4-5-9(17-3)8(13)6-7/h4-6,16H,1-3H3. The maximum atomic E-state index is 13.5. The van der Waals surface area contributed by atoms with Crippen LogP contribution in [0.25, 0.3) is 11.5 Å². The van der Waals surface area contributed by atoms with Gasteiger partial charge in [0.2, 0.25) is 11.8 Å². The molecule has 0 aliphatic carbocycles. The third-order valence-corrected chi connectivity index (χ3v) is 2.35. The van der Waals surface area contributed by atoms with E-state index in [2.05, 4.69) is 10.2 Å². The zero-order chi connectivity index (χ0) is 13.3. The molecule has 0 saturated carbocycles. The second-order valence-corrected chi connectivity index (χ2v) is 4.32. The van der Waals surface area contributed by atoms with Gasteiger partial charge in [0.15, 0.2) is 11.6 Å². The van der Waals surface area contributed by atoms with Gasteiger partial charge in [-0.05, 0) is 32.0 Å². The summed E-state index contributed by atoms with van der Waals surface area (Å²) in [5, 5.41) is 17.2. The first-order chi connectivity index (χ1) is 8.41. The number of hydrogen-bond acceptors (Lipinski definition) is 5. The summed E-state index contributed by atoms with van der Waals surface area (Å²) in [7, 11) is 1.39. The fourth-order valence-corrected chi connectivity index (χ4v) is 1.39. The quantitative estimate of drug-likeness (QED) is 0.906. The molecule has 1 aromatic carbocycles. The number of nitrogens with zero attached hydrogens (tertiary/aromatic N) is 2. The topological polar surface area (TPSA) is 68.4 Å². The van der Waals surface area contributed by atoms with Crippen molar-refractivity contribution in [2.45, 2.75) is 19.4 Å². The zero-order valence-electron chi connectivity index (χ0n) is 10.3. The van der Waals surface area contributed by atoms with E-state index >= 15 is 0 Å². The van der Waals surface area contributed by atoms with E-state index in [1.165, 1.54) is 33.1 Å². The minimum Gasteiger partial charge on any atom is -0.494 e. The summed E-state index contributed by atoms with van der Waals surface area (Å²) in [6, 6.07) is 4.31. The lowest BCUT2D eigenvalue weighted by atomic mass is 10.1. The van der Waals surface area contributed by atoms with Gasteiger partial charge >= 0.3 is 0 Å². The van der Waals surface area contributed by atoms with Crippen LogP contribution < -0.4 is 4.74 Å². The van der Waals surface area contributed by atoms with Gasteiger partial charge in [-0.15, -0.1) is 10.2 Å². The van der Waals surface area contributed by atoms with Gasteiger partial charge in [0, 0.05) is 5.56 Å². The normalized spacial score (nSPS) is 11.6. The number of aromatic nitrogens is 2. The van der Waals surface area contributed by atoms with Gasteiger partial charge in [-0.25, -0.2) is 4.39 Å². The van der Waals surface area contributed by atoms with Gasteiger partial charge in [0.1, 0.15) is 5.60 Å². The lowest BCUT2D eigenvalue weighted by Gasteiger charge is -2.09. The van der Waals surface area contributed by atoms with Crippen LogP contribution in [0.1, 0.15) is 19.7 Å². The second-order valence-electron chi connectivity index (χ2n) is 4.32. The summed E-state index contributed by atoms with van der Waals surface area (Å²) in [6.45, 7) is 3.05. The molecule has 0 aliphatic rings. The highest BCUT2D eigenvalue weighted by atomic mass is 19.1. The molecule has 2 aromatic rings. The highest BCUT2D eigenvalue weighted by molar-refractivity contribution is 5.54. The van der Waals surface area contributed by atoms with Crippen molar-refractivity contribution in [1.82, 2.24) is 10.2 Å². The highest BCUT2D eigenvalue weighted by Gasteiger charge is 2.24. The van der Waals surface area contributed by atoms with Crippen molar-refractivity contribution >= 4 is 0 Å². The minimum absolute atomic E-state index is 0.0775. The number of rotatable bonds is 3. The summed E-state index contributed by atoms with van der Waals surface area (Å²) in [5.74, 6) is -0.151. The van der Waals surface area contributed by atoms with E-state index in [9.17, 15) is 9.50 Å². The molecule has 96 valence electrons. The summed E-state index contributed by atoms with van der Waals surface area (Å²) < 4.78 is 23.6. The average Bonchev–Trinajstić information content (AvgIpc) is 2.77. The number of methoxy groups -OCH3 is 1. The van der Waals surface area contributed by atoms with Crippen molar-refractivity contribution in [3.05, 3.63) is 29.9 Å². The first kappa shape index (κ1) is 12.5. The zero-order valence-corrected chi connectivity index (χ0v) is 10.3. The van der Waals surface area contributed by atoms with E-state index < -0.39 is 11.4 Å². The van der Waals surface area contributed by atoms with E-state index in [4.69, 9.17) is 9.15 Å². The fraction of sp³-hybridized carbons (Fsp3) is 0.333. The monoisotopic (exact) mass is 252 g/mol. The molecule has 0 radical (unpaired) electrons. The van der Waals surface area contributed by atoms with Crippen LogP contribution in [0.15, 0.2) is 22.6 Å². The van der Waals surface area contributed by atoms with Gasteiger partial charge in [0.25, 0.3) is 0 Å². The molecule has 2 rings (SSSR count). The Labute approximate surface area is 103 Å². The summed E-state index contributed by atoms with van der Waals surface area (Å²) >= 11 is 0. The van der Waals surface area contributed by atoms with Gasteiger partial charge in [-0.1, -0.05) is 0 Å². The third kappa shape index (κ3) is 2.33. The Kier molecular flexibility index (Phi) is 3.04. The van der Waals surface area contributed by atoms with Crippen molar-refractivity contribution in [2.75, 3.05) is 7.11 Å². The predicted octanol–water partition coefficient (Wildman–Crippen LogP) is 2.11.